The fourth-order valence-corrected chi connectivity index (χ4v) is 2.49. The van der Waals surface area contributed by atoms with Crippen molar-refractivity contribution in [3.8, 4) is 0 Å². The largest absolute Gasteiger partial charge is 0.458 e. The molecule has 0 aromatic heterocycles. The first kappa shape index (κ1) is 21.2. The second-order valence-electron chi connectivity index (χ2n) is 7.94. The molecule has 140 valence electrons. The van der Waals surface area contributed by atoms with Gasteiger partial charge in [-0.2, -0.15) is 0 Å². The van der Waals surface area contributed by atoms with Crippen LogP contribution in [-0.2, 0) is 20.9 Å². The zero-order valence-corrected chi connectivity index (χ0v) is 16.3. The molecule has 25 heavy (non-hydrogen) atoms. The second kappa shape index (κ2) is 9.56. The highest BCUT2D eigenvalue weighted by molar-refractivity contribution is 5.85. The Morgan fingerprint density at radius 2 is 1.76 bits per heavy atom. The van der Waals surface area contributed by atoms with Crippen molar-refractivity contribution in [3.63, 3.8) is 0 Å². The minimum atomic E-state index is -0.614. The maximum Gasteiger partial charge on any atom is 0.329 e. The van der Waals surface area contributed by atoms with Crippen LogP contribution < -0.4 is 5.32 Å². The maximum atomic E-state index is 12.4. The third-order valence-corrected chi connectivity index (χ3v) is 3.44. The highest BCUT2D eigenvalue weighted by Gasteiger charge is 2.27. The highest BCUT2D eigenvalue weighted by atomic mass is 16.6. The van der Waals surface area contributed by atoms with Gasteiger partial charge in [0.25, 0.3) is 0 Å². The van der Waals surface area contributed by atoms with E-state index in [2.05, 4.69) is 5.32 Å². The molecule has 1 rings (SSSR count). The summed E-state index contributed by atoms with van der Waals surface area (Å²) in [6, 6.07) is 9.35. The quantitative estimate of drug-likeness (QED) is 0.734. The average Bonchev–Trinajstić information content (AvgIpc) is 2.45. The number of hydrogen-bond donors (Lipinski definition) is 1. The number of hydrogen-bond acceptors (Lipinski definition) is 4. The van der Waals surface area contributed by atoms with Crippen LogP contribution in [0.1, 0.15) is 46.6 Å². The molecule has 5 nitrogen and oxygen atoms in total. The van der Waals surface area contributed by atoms with Crippen molar-refractivity contribution in [1.29, 1.82) is 0 Å². The van der Waals surface area contributed by atoms with Crippen LogP contribution in [0, 0.1) is 5.92 Å². The number of carbonyl (C=O) groups excluding carboxylic acids is 2. The lowest BCUT2D eigenvalue weighted by Gasteiger charge is -2.26. The Kier molecular flexibility index (Phi) is 8.10. The van der Waals surface area contributed by atoms with E-state index in [0.29, 0.717) is 13.0 Å². The SMILES string of the molecule is CC(C)C[C@H](NC(=O)CN(C)Cc1ccccc1)C(=O)OC(C)(C)C. The summed E-state index contributed by atoms with van der Waals surface area (Å²) in [5.41, 5.74) is 0.574. The van der Waals surface area contributed by atoms with Gasteiger partial charge in [0, 0.05) is 6.54 Å². The van der Waals surface area contributed by atoms with Crippen molar-refractivity contribution < 1.29 is 14.3 Å². The van der Waals surface area contributed by atoms with Crippen LogP contribution in [0.25, 0.3) is 0 Å². The lowest BCUT2D eigenvalue weighted by molar-refractivity contribution is -0.159. The Bertz CT molecular complexity index is 550. The van der Waals surface area contributed by atoms with Crippen LogP contribution in [0.5, 0.6) is 0 Å². The fourth-order valence-electron chi connectivity index (χ4n) is 2.49. The Hall–Kier alpha value is -1.88. The molecule has 0 unspecified atom stereocenters. The van der Waals surface area contributed by atoms with Gasteiger partial charge in [0.05, 0.1) is 6.54 Å². The summed E-state index contributed by atoms with van der Waals surface area (Å²) >= 11 is 0. The van der Waals surface area contributed by atoms with Gasteiger partial charge in [-0.3, -0.25) is 9.69 Å². The van der Waals surface area contributed by atoms with E-state index >= 15 is 0 Å². The van der Waals surface area contributed by atoms with E-state index in [1.165, 1.54) is 0 Å². The summed E-state index contributed by atoms with van der Waals surface area (Å²) in [7, 11) is 1.89. The number of likely N-dealkylation sites (N-methyl/N-ethyl adjacent to an activating group) is 1. The van der Waals surface area contributed by atoms with Crippen molar-refractivity contribution >= 4 is 11.9 Å². The van der Waals surface area contributed by atoms with Gasteiger partial charge in [-0.25, -0.2) is 4.79 Å². The molecule has 1 N–H and O–H groups in total. The molecule has 1 atom stereocenters. The molecule has 1 aromatic carbocycles. The van der Waals surface area contributed by atoms with Crippen LogP contribution in [0.2, 0.25) is 0 Å². The zero-order valence-electron chi connectivity index (χ0n) is 16.3. The molecule has 0 aliphatic heterocycles. The number of benzene rings is 1. The summed E-state index contributed by atoms with van der Waals surface area (Å²) in [5.74, 6) is -0.268. The molecule has 1 amide bonds. The van der Waals surface area contributed by atoms with E-state index in [9.17, 15) is 9.59 Å². The second-order valence-corrected chi connectivity index (χ2v) is 7.94. The number of esters is 1. The summed E-state index contributed by atoms with van der Waals surface area (Å²) in [6.07, 6.45) is 0.559. The third kappa shape index (κ3) is 9.25. The summed E-state index contributed by atoms with van der Waals surface area (Å²) in [4.78, 5) is 26.6. The van der Waals surface area contributed by atoms with Crippen molar-refractivity contribution in [2.24, 2.45) is 5.92 Å². The van der Waals surface area contributed by atoms with Gasteiger partial charge in [0.2, 0.25) is 5.91 Å². The van der Waals surface area contributed by atoms with Crippen LogP contribution in [0.4, 0.5) is 0 Å². The minimum Gasteiger partial charge on any atom is -0.458 e. The van der Waals surface area contributed by atoms with E-state index in [-0.39, 0.29) is 24.3 Å². The fraction of sp³-hybridized carbons (Fsp3) is 0.600. The number of nitrogens with zero attached hydrogens (tertiary/aromatic N) is 1. The van der Waals surface area contributed by atoms with Gasteiger partial charge >= 0.3 is 5.97 Å². The highest BCUT2D eigenvalue weighted by Crippen LogP contribution is 2.13. The summed E-state index contributed by atoms with van der Waals surface area (Å²) in [5, 5.41) is 2.83. The minimum absolute atomic E-state index is 0.171. The molecule has 0 heterocycles. The molecule has 1 aromatic rings. The average molecular weight is 348 g/mol. The predicted octanol–water partition coefficient (Wildman–Crippen LogP) is 2.99. The monoisotopic (exact) mass is 348 g/mol. The van der Waals surface area contributed by atoms with Gasteiger partial charge in [-0.1, -0.05) is 44.2 Å². The van der Waals surface area contributed by atoms with Crippen molar-refractivity contribution in [2.45, 2.75) is 59.2 Å². The molecular weight excluding hydrogens is 316 g/mol. The van der Waals surface area contributed by atoms with E-state index in [4.69, 9.17) is 4.74 Å². The van der Waals surface area contributed by atoms with Crippen molar-refractivity contribution in [1.82, 2.24) is 10.2 Å². The van der Waals surface area contributed by atoms with Gasteiger partial charge in [0.15, 0.2) is 0 Å². The van der Waals surface area contributed by atoms with Crippen molar-refractivity contribution in [3.05, 3.63) is 35.9 Å². The standard InChI is InChI=1S/C20H32N2O3/c1-15(2)12-17(19(24)25-20(3,4)5)21-18(23)14-22(6)13-16-10-8-7-9-11-16/h7-11,15,17H,12-14H2,1-6H3,(H,21,23)/t17-/m0/s1. The van der Waals surface area contributed by atoms with E-state index in [0.717, 1.165) is 5.56 Å². The molecule has 0 spiro atoms. The predicted molar refractivity (Wildman–Crippen MR) is 100 cm³/mol. The Labute approximate surface area is 151 Å². The molecule has 5 heteroatoms. The molecule has 0 radical (unpaired) electrons. The van der Waals surface area contributed by atoms with Gasteiger partial charge in [-0.05, 0) is 45.7 Å². The Morgan fingerprint density at radius 1 is 1.16 bits per heavy atom. The normalized spacial score (nSPS) is 13.0. The third-order valence-electron chi connectivity index (χ3n) is 3.44. The maximum absolute atomic E-state index is 12.4. The molecule has 0 fully saturated rings. The topological polar surface area (TPSA) is 58.6 Å². The molecule has 0 bridgehead atoms. The number of amides is 1. The van der Waals surface area contributed by atoms with Crippen LogP contribution >= 0.6 is 0 Å². The lowest BCUT2D eigenvalue weighted by Crippen LogP contribution is -2.47. The van der Waals surface area contributed by atoms with E-state index in [1.54, 1.807) is 0 Å². The van der Waals surface area contributed by atoms with Gasteiger partial charge < -0.3 is 10.1 Å². The molecule has 0 aliphatic rings. The summed E-state index contributed by atoms with van der Waals surface area (Å²) < 4.78 is 5.43. The van der Waals surface area contributed by atoms with Gasteiger partial charge in [-0.15, -0.1) is 0 Å². The smallest absolute Gasteiger partial charge is 0.329 e. The Morgan fingerprint density at radius 3 is 2.28 bits per heavy atom. The number of carbonyl (C=O) groups is 2. The first-order chi connectivity index (χ1) is 11.6. The Balaban J connectivity index is 2.60. The number of nitrogens with one attached hydrogen (secondary N) is 1. The molecule has 0 aliphatic carbocycles. The molecule has 0 saturated carbocycles. The number of ether oxygens (including phenoxy) is 1. The number of rotatable bonds is 8. The first-order valence-corrected chi connectivity index (χ1v) is 8.81. The van der Waals surface area contributed by atoms with Crippen LogP contribution in [0.3, 0.4) is 0 Å². The van der Waals surface area contributed by atoms with E-state index < -0.39 is 11.6 Å². The summed E-state index contributed by atoms with van der Waals surface area (Å²) in [6.45, 7) is 10.4. The van der Waals surface area contributed by atoms with Crippen molar-refractivity contribution in [2.75, 3.05) is 13.6 Å². The van der Waals surface area contributed by atoms with Crippen LogP contribution in [-0.4, -0.2) is 42.0 Å². The molecule has 0 saturated heterocycles. The molecular formula is C20H32N2O3. The van der Waals surface area contributed by atoms with Crippen LogP contribution in [0.15, 0.2) is 30.3 Å². The van der Waals surface area contributed by atoms with E-state index in [1.807, 2.05) is 76.9 Å². The van der Waals surface area contributed by atoms with Gasteiger partial charge in [0.1, 0.15) is 11.6 Å². The lowest BCUT2D eigenvalue weighted by atomic mass is 10.0. The first-order valence-electron chi connectivity index (χ1n) is 8.81. The zero-order chi connectivity index (χ0) is 19.0.